The highest BCUT2D eigenvalue weighted by Crippen LogP contribution is 2.18. The molecule has 3 aromatic rings. The van der Waals surface area contributed by atoms with Gasteiger partial charge in [0.15, 0.2) is 0 Å². The molecule has 0 fully saturated rings. The van der Waals surface area contributed by atoms with E-state index in [-0.39, 0.29) is 25.4 Å². The van der Waals surface area contributed by atoms with Gasteiger partial charge in [0.2, 0.25) is 21.8 Å². The van der Waals surface area contributed by atoms with E-state index in [2.05, 4.69) is 5.32 Å². The summed E-state index contributed by atoms with van der Waals surface area (Å²) in [6, 6.07) is 25.7. The molecule has 0 heterocycles. The first-order chi connectivity index (χ1) is 18.2. The number of carbonyl (C=O) groups excluding carboxylic acids is 2. The zero-order chi connectivity index (χ0) is 27.5. The van der Waals surface area contributed by atoms with E-state index >= 15 is 0 Å². The quantitative estimate of drug-likeness (QED) is 0.362. The molecule has 38 heavy (non-hydrogen) atoms. The fourth-order valence-electron chi connectivity index (χ4n) is 3.97. The van der Waals surface area contributed by atoms with E-state index in [0.717, 1.165) is 27.3 Å². The van der Waals surface area contributed by atoms with Gasteiger partial charge in [0.1, 0.15) is 11.8 Å². The van der Waals surface area contributed by atoms with E-state index in [4.69, 9.17) is 4.74 Å². The maximum atomic E-state index is 13.6. The van der Waals surface area contributed by atoms with Crippen molar-refractivity contribution in [2.75, 3.05) is 33.5 Å². The van der Waals surface area contributed by atoms with E-state index < -0.39 is 22.0 Å². The van der Waals surface area contributed by atoms with Crippen molar-refractivity contribution in [3.05, 3.63) is 102 Å². The van der Waals surface area contributed by atoms with Gasteiger partial charge in [-0.05, 0) is 35.2 Å². The summed E-state index contributed by atoms with van der Waals surface area (Å²) in [5.41, 5.74) is 2.77. The average molecular weight is 538 g/mol. The zero-order valence-corrected chi connectivity index (χ0v) is 22.9. The van der Waals surface area contributed by atoms with Crippen molar-refractivity contribution >= 4 is 21.8 Å². The highest BCUT2D eigenvalue weighted by atomic mass is 32.2. The summed E-state index contributed by atoms with van der Waals surface area (Å²) in [5, 5.41) is 2.99. The van der Waals surface area contributed by atoms with Gasteiger partial charge in [0.05, 0.1) is 19.9 Å². The summed E-state index contributed by atoms with van der Waals surface area (Å²) in [6.45, 7) is 0.156. The maximum absolute atomic E-state index is 13.6. The van der Waals surface area contributed by atoms with Crippen LogP contribution in [0, 0.1) is 0 Å². The fraction of sp³-hybridized carbons (Fsp3) is 0.310. The Kier molecular flexibility index (Phi) is 10.4. The molecule has 0 radical (unpaired) electrons. The lowest BCUT2D eigenvalue weighted by Gasteiger charge is -2.32. The van der Waals surface area contributed by atoms with Crippen LogP contribution in [0.25, 0.3) is 0 Å². The van der Waals surface area contributed by atoms with E-state index in [1.807, 2.05) is 72.8 Å². The van der Waals surface area contributed by atoms with Gasteiger partial charge >= 0.3 is 0 Å². The summed E-state index contributed by atoms with van der Waals surface area (Å²) >= 11 is 0. The fourth-order valence-corrected chi connectivity index (χ4v) is 4.32. The van der Waals surface area contributed by atoms with Gasteiger partial charge in [-0.2, -0.15) is 4.31 Å². The number of carbonyl (C=O) groups is 2. The lowest BCUT2D eigenvalue weighted by molar-refractivity contribution is -0.141. The van der Waals surface area contributed by atoms with Crippen LogP contribution in [0.4, 0.5) is 0 Å². The molecule has 3 rings (SSSR count). The predicted molar refractivity (Wildman–Crippen MR) is 148 cm³/mol. The molecule has 0 aliphatic heterocycles. The van der Waals surface area contributed by atoms with Crippen molar-refractivity contribution < 1.29 is 22.7 Å². The van der Waals surface area contributed by atoms with Crippen molar-refractivity contribution in [1.29, 1.82) is 0 Å². The van der Waals surface area contributed by atoms with Crippen LogP contribution in [-0.4, -0.2) is 69.0 Å². The first-order valence-corrected chi connectivity index (χ1v) is 14.2. The van der Waals surface area contributed by atoms with Crippen LogP contribution in [0.15, 0.2) is 84.9 Å². The first-order valence-electron chi connectivity index (χ1n) is 12.4. The van der Waals surface area contributed by atoms with Gasteiger partial charge in [-0.25, -0.2) is 8.42 Å². The molecule has 3 aromatic carbocycles. The lowest BCUT2D eigenvalue weighted by Crippen LogP contribution is -2.53. The van der Waals surface area contributed by atoms with E-state index in [0.29, 0.717) is 18.7 Å². The molecular formula is C29H35N3O5S. The summed E-state index contributed by atoms with van der Waals surface area (Å²) in [4.78, 5) is 28.6. The topological polar surface area (TPSA) is 96.0 Å². The number of methoxy groups -OCH3 is 1. The summed E-state index contributed by atoms with van der Waals surface area (Å²) < 4.78 is 30.3. The van der Waals surface area contributed by atoms with Crippen LogP contribution in [0.5, 0.6) is 5.75 Å². The highest BCUT2D eigenvalue weighted by molar-refractivity contribution is 7.88. The number of hydrogen-bond acceptors (Lipinski definition) is 5. The number of rotatable bonds is 13. The third kappa shape index (κ3) is 8.71. The molecule has 9 heteroatoms. The third-order valence-corrected chi connectivity index (χ3v) is 7.52. The molecule has 0 aliphatic rings. The Balaban J connectivity index is 1.90. The van der Waals surface area contributed by atoms with E-state index in [1.54, 1.807) is 19.2 Å². The monoisotopic (exact) mass is 537 g/mol. The Labute approximate surface area is 225 Å². The molecular weight excluding hydrogens is 502 g/mol. The third-order valence-electron chi connectivity index (χ3n) is 6.26. The van der Waals surface area contributed by atoms with Crippen LogP contribution >= 0.6 is 0 Å². The van der Waals surface area contributed by atoms with Crippen molar-refractivity contribution in [1.82, 2.24) is 14.5 Å². The summed E-state index contributed by atoms with van der Waals surface area (Å²) in [5.74, 6) is -0.0931. The Morgan fingerprint density at radius 2 is 1.45 bits per heavy atom. The SMILES string of the molecule is COc1ccc(CN(C(=O)CN(C)S(C)(=O)=O)C(Cc2ccccc2)C(=O)NCCc2ccccc2)cc1. The molecule has 0 saturated heterocycles. The second kappa shape index (κ2) is 13.7. The molecule has 0 bridgehead atoms. The van der Waals surface area contributed by atoms with Crippen LogP contribution in [0.1, 0.15) is 16.7 Å². The number of benzene rings is 3. The molecule has 0 aromatic heterocycles. The first kappa shape index (κ1) is 28.9. The van der Waals surface area contributed by atoms with Crippen molar-refractivity contribution in [2.24, 2.45) is 0 Å². The zero-order valence-electron chi connectivity index (χ0n) is 22.0. The van der Waals surface area contributed by atoms with Gasteiger partial charge in [0.25, 0.3) is 0 Å². The van der Waals surface area contributed by atoms with Crippen molar-refractivity contribution in [3.63, 3.8) is 0 Å². The largest absolute Gasteiger partial charge is 0.497 e. The molecule has 1 atom stereocenters. The van der Waals surface area contributed by atoms with Crippen LogP contribution in [0.3, 0.4) is 0 Å². The molecule has 0 aliphatic carbocycles. The number of hydrogen-bond donors (Lipinski definition) is 1. The number of amides is 2. The van der Waals surface area contributed by atoms with Gasteiger partial charge in [-0.1, -0.05) is 72.8 Å². The minimum absolute atomic E-state index is 0.129. The predicted octanol–water partition coefficient (Wildman–Crippen LogP) is 2.89. The van der Waals surface area contributed by atoms with Gasteiger partial charge in [0, 0.05) is 26.6 Å². The molecule has 1 unspecified atom stereocenters. The maximum Gasteiger partial charge on any atom is 0.243 e. The van der Waals surface area contributed by atoms with Crippen LogP contribution in [0.2, 0.25) is 0 Å². The number of nitrogens with one attached hydrogen (secondary N) is 1. The van der Waals surface area contributed by atoms with Gasteiger partial charge in [-0.15, -0.1) is 0 Å². The van der Waals surface area contributed by atoms with Crippen molar-refractivity contribution in [3.8, 4) is 5.75 Å². The standard InChI is InChI=1S/C29H35N3O5S/c1-31(38(3,35)36)22-28(33)32(21-25-14-16-26(37-2)17-15-25)27(20-24-12-8-5-9-13-24)29(34)30-19-18-23-10-6-4-7-11-23/h4-17,27H,18-22H2,1-3H3,(H,30,34). The number of nitrogens with zero attached hydrogens (tertiary/aromatic N) is 2. The van der Waals surface area contributed by atoms with Crippen molar-refractivity contribution in [2.45, 2.75) is 25.4 Å². The highest BCUT2D eigenvalue weighted by Gasteiger charge is 2.31. The Morgan fingerprint density at radius 1 is 0.868 bits per heavy atom. The molecule has 0 spiro atoms. The molecule has 0 saturated carbocycles. The Bertz CT molecular complexity index is 1280. The van der Waals surface area contributed by atoms with E-state index in [9.17, 15) is 18.0 Å². The lowest BCUT2D eigenvalue weighted by atomic mass is 10.0. The second-order valence-electron chi connectivity index (χ2n) is 9.12. The Morgan fingerprint density at radius 3 is 2.00 bits per heavy atom. The molecule has 1 N–H and O–H groups in total. The summed E-state index contributed by atoms with van der Waals surface area (Å²) in [7, 11) is -0.671. The van der Waals surface area contributed by atoms with Gasteiger partial charge in [-0.3, -0.25) is 9.59 Å². The van der Waals surface area contributed by atoms with Crippen LogP contribution < -0.4 is 10.1 Å². The molecule has 2 amide bonds. The molecule has 202 valence electrons. The average Bonchev–Trinajstić information content (AvgIpc) is 2.91. The number of sulfonamides is 1. The number of ether oxygens (including phenoxy) is 1. The van der Waals surface area contributed by atoms with Gasteiger partial charge < -0.3 is 15.0 Å². The molecule has 8 nitrogen and oxygen atoms in total. The summed E-state index contributed by atoms with van der Waals surface area (Å²) in [6.07, 6.45) is 1.97. The smallest absolute Gasteiger partial charge is 0.243 e. The number of likely N-dealkylation sites (N-methyl/N-ethyl adjacent to an activating group) is 1. The minimum atomic E-state index is -3.59. The Hall–Kier alpha value is -3.69. The second-order valence-corrected chi connectivity index (χ2v) is 11.2. The normalized spacial score (nSPS) is 12.1. The van der Waals surface area contributed by atoms with Crippen LogP contribution in [-0.2, 0) is 39.0 Å². The van der Waals surface area contributed by atoms with E-state index in [1.165, 1.54) is 11.9 Å². The minimum Gasteiger partial charge on any atom is -0.497 e.